The van der Waals surface area contributed by atoms with Crippen molar-refractivity contribution in [1.82, 2.24) is 0 Å². The van der Waals surface area contributed by atoms with E-state index in [1.807, 2.05) is 23.9 Å². The number of amidine groups is 1. The summed E-state index contributed by atoms with van der Waals surface area (Å²) in [5, 5.41) is 8.78. The number of rotatable bonds is 3. The number of nitrogen functional groups attached to an aromatic ring is 1. The third kappa shape index (κ3) is 3.39. The summed E-state index contributed by atoms with van der Waals surface area (Å²) < 4.78 is 0. The Morgan fingerprint density at radius 1 is 1.29 bits per heavy atom. The molecular weight excluding hydrogens is 252 g/mol. The summed E-state index contributed by atoms with van der Waals surface area (Å²) in [5.41, 5.74) is 6.13. The molecule has 0 heterocycles. The van der Waals surface area contributed by atoms with Gasteiger partial charge in [0, 0.05) is 15.7 Å². The van der Waals surface area contributed by atoms with Crippen LogP contribution in [0, 0.1) is 5.41 Å². The van der Waals surface area contributed by atoms with E-state index in [1.165, 1.54) is 32.1 Å². The van der Waals surface area contributed by atoms with E-state index >= 15 is 0 Å². The van der Waals surface area contributed by atoms with Gasteiger partial charge < -0.3 is 5.73 Å². The van der Waals surface area contributed by atoms with Crippen LogP contribution < -0.4 is 5.73 Å². The van der Waals surface area contributed by atoms with Crippen LogP contribution in [0.15, 0.2) is 23.1 Å². The maximum Gasteiger partial charge on any atom is 0.122 e. The van der Waals surface area contributed by atoms with Crippen molar-refractivity contribution >= 4 is 29.2 Å². The fourth-order valence-corrected chi connectivity index (χ4v) is 3.69. The number of nitrogens with two attached hydrogens (primary N) is 1. The Morgan fingerprint density at radius 2 is 2.00 bits per heavy atom. The summed E-state index contributed by atoms with van der Waals surface area (Å²) in [7, 11) is 0. The van der Waals surface area contributed by atoms with Gasteiger partial charge in [0.2, 0.25) is 0 Å². The quantitative estimate of drug-likeness (QED) is 0.642. The number of hydrogen-bond donors (Lipinski definition) is 2. The lowest BCUT2D eigenvalue weighted by Crippen LogP contribution is -2.11. The van der Waals surface area contributed by atoms with Gasteiger partial charge in [-0.3, -0.25) is 5.41 Å². The molecule has 1 aliphatic carbocycles. The fraction of sp³-hybridized carbons (Fsp3) is 0.462. The van der Waals surface area contributed by atoms with E-state index in [0.29, 0.717) is 15.8 Å². The van der Waals surface area contributed by atoms with Gasteiger partial charge in [0.25, 0.3) is 0 Å². The van der Waals surface area contributed by atoms with Gasteiger partial charge in [0.1, 0.15) is 5.84 Å². The minimum absolute atomic E-state index is 0.0705. The predicted octanol–water partition coefficient (Wildman–Crippen LogP) is 4.05. The first-order valence-electron chi connectivity index (χ1n) is 5.97. The van der Waals surface area contributed by atoms with Gasteiger partial charge in [0.15, 0.2) is 0 Å². The topological polar surface area (TPSA) is 49.9 Å². The first kappa shape index (κ1) is 12.8. The van der Waals surface area contributed by atoms with Crippen LogP contribution in [0.2, 0.25) is 5.02 Å². The molecule has 1 aromatic carbocycles. The van der Waals surface area contributed by atoms with Crippen molar-refractivity contribution in [2.45, 2.75) is 42.2 Å². The highest BCUT2D eigenvalue weighted by Gasteiger charge is 2.16. The lowest BCUT2D eigenvalue weighted by Gasteiger charge is -2.21. The van der Waals surface area contributed by atoms with Gasteiger partial charge in [-0.2, -0.15) is 0 Å². The Hall–Kier alpha value is -0.670. The number of nitrogens with one attached hydrogen (secondary N) is 1. The smallest absolute Gasteiger partial charge is 0.122 e. The van der Waals surface area contributed by atoms with E-state index in [-0.39, 0.29) is 5.84 Å². The zero-order valence-corrected chi connectivity index (χ0v) is 11.3. The van der Waals surface area contributed by atoms with Crippen molar-refractivity contribution in [3.8, 4) is 0 Å². The molecule has 0 aliphatic heterocycles. The molecule has 0 radical (unpaired) electrons. The van der Waals surface area contributed by atoms with E-state index in [9.17, 15) is 0 Å². The largest absolute Gasteiger partial charge is 0.384 e. The minimum atomic E-state index is 0.0705. The standard InChI is InChI=1S/C13H17ClN2S/c14-11-8-9(13(15)16)6-7-12(11)17-10-4-2-1-3-5-10/h6-8,10H,1-5H2,(H3,15,16). The third-order valence-electron chi connectivity index (χ3n) is 3.09. The molecular formula is C13H17ClN2S. The molecule has 0 atom stereocenters. The Morgan fingerprint density at radius 3 is 2.59 bits per heavy atom. The molecule has 2 rings (SSSR count). The number of thioether (sulfide) groups is 1. The summed E-state index contributed by atoms with van der Waals surface area (Å²) in [6.07, 6.45) is 6.61. The van der Waals surface area contributed by atoms with Crippen LogP contribution in [0.25, 0.3) is 0 Å². The zero-order chi connectivity index (χ0) is 12.3. The highest BCUT2D eigenvalue weighted by molar-refractivity contribution is 8.00. The molecule has 0 bridgehead atoms. The zero-order valence-electron chi connectivity index (χ0n) is 9.71. The summed E-state index contributed by atoms with van der Waals surface area (Å²) in [5.74, 6) is 0.0705. The van der Waals surface area contributed by atoms with Crippen molar-refractivity contribution in [3.05, 3.63) is 28.8 Å². The first-order valence-corrected chi connectivity index (χ1v) is 7.23. The van der Waals surface area contributed by atoms with Gasteiger partial charge in [-0.15, -0.1) is 11.8 Å². The summed E-state index contributed by atoms with van der Waals surface area (Å²) in [6, 6.07) is 5.65. The average molecular weight is 269 g/mol. The van der Waals surface area contributed by atoms with Crippen LogP contribution in [-0.2, 0) is 0 Å². The summed E-state index contributed by atoms with van der Waals surface area (Å²) >= 11 is 8.09. The minimum Gasteiger partial charge on any atom is -0.384 e. The molecule has 1 saturated carbocycles. The summed E-state index contributed by atoms with van der Waals surface area (Å²) in [6.45, 7) is 0. The molecule has 0 aromatic heterocycles. The molecule has 1 fully saturated rings. The molecule has 2 nitrogen and oxygen atoms in total. The van der Waals surface area contributed by atoms with Gasteiger partial charge >= 0.3 is 0 Å². The molecule has 0 unspecified atom stereocenters. The van der Waals surface area contributed by atoms with Crippen LogP contribution in [0.3, 0.4) is 0 Å². The molecule has 17 heavy (non-hydrogen) atoms. The monoisotopic (exact) mass is 268 g/mol. The van der Waals surface area contributed by atoms with Crippen LogP contribution in [0.5, 0.6) is 0 Å². The van der Waals surface area contributed by atoms with E-state index < -0.39 is 0 Å². The van der Waals surface area contributed by atoms with Crippen molar-refractivity contribution in [3.63, 3.8) is 0 Å². The number of hydrogen-bond acceptors (Lipinski definition) is 2. The molecule has 3 N–H and O–H groups in total. The van der Waals surface area contributed by atoms with Crippen LogP contribution in [0.1, 0.15) is 37.7 Å². The Kier molecular flexibility index (Phi) is 4.35. The predicted molar refractivity (Wildman–Crippen MR) is 75.2 cm³/mol. The maximum atomic E-state index is 7.37. The lowest BCUT2D eigenvalue weighted by atomic mass is 10.0. The first-order chi connectivity index (χ1) is 8.16. The van der Waals surface area contributed by atoms with Crippen molar-refractivity contribution in [2.24, 2.45) is 5.73 Å². The van der Waals surface area contributed by atoms with Gasteiger partial charge in [-0.05, 0) is 25.0 Å². The van der Waals surface area contributed by atoms with Gasteiger partial charge in [-0.1, -0.05) is 36.9 Å². The van der Waals surface area contributed by atoms with Crippen molar-refractivity contribution < 1.29 is 0 Å². The number of halogens is 1. The highest BCUT2D eigenvalue weighted by atomic mass is 35.5. The van der Waals surface area contributed by atoms with Crippen molar-refractivity contribution in [2.75, 3.05) is 0 Å². The molecule has 0 saturated heterocycles. The van der Waals surface area contributed by atoms with Crippen molar-refractivity contribution in [1.29, 1.82) is 5.41 Å². The molecule has 4 heteroatoms. The third-order valence-corrected chi connectivity index (χ3v) is 4.93. The van der Waals surface area contributed by atoms with Gasteiger partial charge in [-0.25, -0.2) is 0 Å². The normalized spacial score (nSPS) is 17.0. The Balaban J connectivity index is 2.08. The lowest BCUT2D eigenvalue weighted by molar-refractivity contribution is 0.516. The van der Waals surface area contributed by atoms with Gasteiger partial charge in [0.05, 0.1) is 5.02 Å². The van der Waals surface area contributed by atoms with Crippen LogP contribution in [-0.4, -0.2) is 11.1 Å². The van der Waals surface area contributed by atoms with E-state index in [2.05, 4.69) is 0 Å². The maximum absolute atomic E-state index is 7.37. The molecule has 92 valence electrons. The number of benzene rings is 1. The highest BCUT2D eigenvalue weighted by Crippen LogP contribution is 2.37. The van der Waals surface area contributed by atoms with E-state index in [4.69, 9.17) is 22.7 Å². The summed E-state index contributed by atoms with van der Waals surface area (Å²) in [4.78, 5) is 1.11. The molecule has 1 aromatic rings. The van der Waals surface area contributed by atoms with Crippen LogP contribution in [0.4, 0.5) is 0 Å². The van der Waals surface area contributed by atoms with E-state index in [0.717, 1.165) is 4.90 Å². The molecule has 0 spiro atoms. The second kappa shape index (κ2) is 5.78. The van der Waals surface area contributed by atoms with E-state index in [1.54, 1.807) is 6.07 Å². The second-order valence-corrected chi connectivity index (χ2v) is 6.19. The van der Waals surface area contributed by atoms with Crippen LogP contribution >= 0.6 is 23.4 Å². The SMILES string of the molecule is N=C(N)c1ccc(SC2CCCCC2)c(Cl)c1. The Bertz CT molecular complexity index is 414. The molecule has 1 aliphatic rings. The second-order valence-electron chi connectivity index (χ2n) is 4.44. The molecule has 0 amide bonds. The average Bonchev–Trinajstić information content (AvgIpc) is 2.33. The fourth-order valence-electron chi connectivity index (χ4n) is 2.13. The Labute approximate surface area is 111 Å².